The van der Waals surface area contributed by atoms with E-state index in [-0.39, 0.29) is 16.6 Å². The fourth-order valence-electron chi connectivity index (χ4n) is 3.13. The van der Waals surface area contributed by atoms with E-state index in [2.05, 4.69) is 59.7 Å². The van der Waals surface area contributed by atoms with Gasteiger partial charge in [0, 0.05) is 5.56 Å². The van der Waals surface area contributed by atoms with Crippen LogP contribution in [-0.4, -0.2) is 20.1 Å². The van der Waals surface area contributed by atoms with Crippen molar-refractivity contribution in [1.29, 1.82) is 0 Å². The summed E-state index contributed by atoms with van der Waals surface area (Å²) in [5.41, 5.74) is 6.40. The highest BCUT2D eigenvalue weighted by molar-refractivity contribution is 5.81. The molecule has 0 atom stereocenters. The number of rotatable bonds is 1. The summed E-state index contributed by atoms with van der Waals surface area (Å²) < 4.78 is 0. The van der Waals surface area contributed by atoms with Gasteiger partial charge in [0.1, 0.15) is 22.5 Å². The third-order valence-electron chi connectivity index (χ3n) is 4.92. The number of aromatic hydroxyl groups is 1. The molecule has 0 aliphatic carbocycles. The molecule has 0 unspecified atom stereocenters. The lowest BCUT2D eigenvalue weighted by Gasteiger charge is -2.27. The maximum atomic E-state index is 11.0. The summed E-state index contributed by atoms with van der Waals surface area (Å²) in [5.74, 6) is 0.251. The monoisotopic (exact) mass is 351 g/mol. The molecule has 0 spiro atoms. The summed E-state index contributed by atoms with van der Waals surface area (Å²) in [4.78, 5) is 1.59. The number of hydrogen-bond donors (Lipinski definition) is 1. The lowest BCUT2D eigenvalue weighted by molar-refractivity contribution is 0.438. The summed E-state index contributed by atoms with van der Waals surface area (Å²) in [6.07, 6.45) is 0. The van der Waals surface area contributed by atoms with Crippen LogP contribution >= 0.6 is 0 Å². The minimum atomic E-state index is -0.182. The van der Waals surface area contributed by atoms with Crippen molar-refractivity contribution in [1.82, 2.24) is 15.0 Å². The molecular weight excluding hydrogens is 322 g/mol. The number of aryl methyl sites for hydroxylation is 2. The Kier molecular flexibility index (Phi) is 4.13. The number of fused-ring (bicyclic) bond motifs is 1. The largest absolute Gasteiger partial charge is 0.505 e. The number of benzene rings is 2. The third kappa shape index (κ3) is 3.09. The first-order chi connectivity index (χ1) is 11.9. The highest BCUT2D eigenvalue weighted by atomic mass is 16.3. The van der Waals surface area contributed by atoms with Crippen LogP contribution in [0.1, 0.15) is 63.8 Å². The van der Waals surface area contributed by atoms with Crippen LogP contribution in [-0.2, 0) is 10.8 Å². The second-order valence-electron chi connectivity index (χ2n) is 9.28. The summed E-state index contributed by atoms with van der Waals surface area (Å²) >= 11 is 0. The predicted octanol–water partition coefficient (Wildman–Crippen LogP) is 5.34. The van der Waals surface area contributed by atoms with Gasteiger partial charge in [0.25, 0.3) is 0 Å². The maximum Gasteiger partial charge on any atom is 0.146 e. The second kappa shape index (κ2) is 5.83. The molecule has 4 heteroatoms. The SMILES string of the molecule is Cc1ccc(C)c2nn(-c3cc(C(C)(C)C)cc(C(C)(C)C)c3O)nc12. The Bertz CT molecular complexity index is 946. The summed E-state index contributed by atoms with van der Waals surface area (Å²) in [6.45, 7) is 16.9. The molecule has 0 aliphatic rings. The molecule has 0 saturated heterocycles. The minimum absolute atomic E-state index is 0.0408. The number of nitrogens with zero attached hydrogens (tertiary/aromatic N) is 3. The Labute approximate surface area is 155 Å². The highest BCUT2D eigenvalue weighted by Gasteiger charge is 2.26. The molecule has 0 saturated carbocycles. The molecule has 0 amide bonds. The van der Waals surface area contributed by atoms with Gasteiger partial charge >= 0.3 is 0 Å². The Hall–Kier alpha value is -2.36. The molecular formula is C22H29N3O. The molecule has 0 aliphatic heterocycles. The third-order valence-corrected chi connectivity index (χ3v) is 4.92. The molecule has 138 valence electrons. The molecule has 1 aromatic heterocycles. The first-order valence-corrected chi connectivity index (χ1v) is 9.11. The zero-order valence-electron chi connectivity index (χ0n) is 17.1. The normalized spacial score (nSPS) is 12.8. The van der Waals surface area contributed by atoms with Crippen molar-refractivity contribution in [2.45, 2.75) is 66.2 Å². The molecule has 0 fully saturated rings. The number of aromatic nitrogens is 3. The van der Waals surface area contributed by atoms with Crippen molar-refractivity contribution in [3.63, 3.8) is 0 Å². The summed E-state index contributed by atoms with van der Waals surface area (Å²) in [6, 6.07) is 8.23. The molecule has 0 bridgehead atoms. The van der Waals surface area contributed by atoms with Gasteiger partial charge in [0.15, 0.2) is 0 Å². The van der Waals surface area contributed by atoms with Crippen LogP contribution in [0.15, 0.2) is 24.3 Å². The van der Waals surface area contributed by atoms with Gasteiger partial charge in [0.2, 0.25) is 0 Å². The van der Waals surface area contributed by atoms with E-state index in [0.717, 1.165) is 33.3 Å². The fourth-order valence-corrected chi connectivity index (χ4v) is 3.13. The highest BCUT2D eigenvalue weighted by Crippen LogP contribution is 2.39. The van der Waals surface area contributed by atoms with Crippen LogP contribution in [0.3, 0.4) is 0 Å². The lowest BCUT2D eigenvalue weighted by atomic mass is 9.80. The van der Waals surface area contributed by atoms with Gasteiger partial charge in [-0.1, -0.05) is 59.7 Å². The number of phenolic OH excluding ortho intramolecular Hbond substituents is 1. The van der Waals surface area contributed by atoms with Gasteiger partial charge in [-0.15, -0.1) is 15.0 Å². The lowest BCUT2D eigenvalue weighted by Crippen LogP contribution is -2.18. The molecule has 1 N–H and O–H groups in total. The van der Waals surface area contributed by atoms with Crippen LogP contribution < -0.4 is 0 Å². The van der Waals surface area contributed by atoms with Gasteiger partial charge in [-0.25, -0.2) is 0 Å². The average Bonchev–Trinajstić information content (AvgIpc) is 2.95. The molecule has 1 heterocycles. The van der Waals surface area contributed by atoms with Crippen molar-refractivity contribution in [3.05, 3.63) is 46.5 Å². The van der Waals surface area contributed by atoms with Gasteiger partial charge < -0.3 is 5.11 Å². The number of hydrogen-bond acceptors (Lipinski definition) is 3. The van der Waals surface area contributed by atoms with Gasteiger partial charge in [0.05, 0.1) is 0 Å². The Morgan fingerprint density at radius 1 is 0.808 bits per heavy atom. The number of phenols is 1. The molecule has 2 aromatic carbocycles. The van der Waals surface area contributed by atoms with Crippen molar-refractivity contribution in [2.24, 2.45) is 0 Å². The van der Waals surface area contributed by atoms with E-state index in [4.69, 9.17) is 10.2 Å². The Balaban J connectivity index is 2.34. The Morgan fingerprint density at radius 2 is 1.31 bits per heavy atom. The predicted molar refractivity (Wildman–Crippen MR) is 107 cm³/mol. The van der Waals surface area contributed by atoms with Crippen molar-refractivity contribution >= 4 is 11.0 Å². The average molecular weight is 351 g/mol. The summed E-state index contributed by atoms with van der Waals surface area (Å²) in [7, 11) is 0. The first-order valence-electron chi connectivity index (χ1n) is 9.11. The van der Waals surface area contributed by atoms with Crippen molar-refractivity contribution in [3.8, 4) is 11.4 Å². The van der Waals surface area contributed by atoms with Gasteiger partial charge in [-0.2, -0.15) is 0 Å². The zero-order chi connectivity index (χ0) is 19.4. The topological polar surface area (TPSA) is 50.9 Å². The quantitative estimate of drug-likeness (QED) is 0.644. The van der Waals surface area contributed by atoms with E-state index >= 15 is 0 Å². The van der Waals surface area contributed by atoms with Crippen molar-refractivity contribution in [2.75, 3.05) is 0 Å². The Morgan fingerprint density at radius 3 is 1.73 bits per heavy atom. The maximum absolute atomic E-state index is 11.0. The van der Waals surface area contributed by atoms with Crippen LogP contribution in [0.5, 0.6) is 5.75 Å². The van der Waals surface area contributed by atoms with Gasteiger partial charge in [-0.05, 0) is 47.4 Å². The van der Waals surface area contributed by atoms with E-state index < -0.39 is 0 Å². The van der Waals surface area contributed by atoms with Crippen LogP contribution in [0.25, 0.3) is 16.7 Å². The fraction of sp³-hybridized carbons (Fsp3) is 0.455. The summed E-state index contributed by atoms with van der Waals surface area (Å²) in [5, 5.41) is 20.4. The first kappa shape index (κ1) is 18.4. The zero-order valence-corrected chi connectivity index (χ0v) is 17.1. The second-order valence-corrected chi connectivity index (χ2v) is 9.28. The van der Waals surface area contributed by atoms with Gasteiger partial charge in [-0.3, -0.25) is 0 Å². The van der Waals surface area contributed by atoms with Crippen molar-refractivity contribution < 1.29 is 5.11 Å². The minimum Gasteiger partial charge on any atom is -0.505 e. The van der Waals surface area contributed by atoms with Crippen LogP contribution in [0, 0.1) is 13.8 Å². The molecule has 3 aromatic rings. The molecule has 0 radical (unpaired) electrons. The van der Waals surface area contributed by atoms with E-state index in [1.54, 1.807) is 4.80 Å². The standard InChI is InChI=1S/C22H29N3O/c1-13-9-10-14(2)19-18(13)23-25(24-19)17-12-15(21(3,4)5)11-16(20(17)26)22(6,7)8/h9-12,26H,1-8H3. The molecule has 4 nitrogen and oxygen atoms in total. The van der Waals surface area contributed by atoms with E-state index in [9.17, 15) is 5.11 Å². The molecule has 3 rings (SSSR count). The van der Waals surface area contributed by atoms with E-state index in [1.807, 2.05) is 19.9 Å². The van der Waals surface area contributed by atoms with E-state index in [0.29, 0.717) is 5.69 Å². The van der Waals surface area contributed by atoms with Crippen LogP contribution in [0.4, 0.5) is 0 Å². The van der Waals surface area contributed by atoms with E-state index in [1.165, 1.54) is 0 Å². The molecule has 26 heavy (non-hydrogen) atoms. The smallest absolute Gasteiger partial charge is 0.146 e. The van der Waals surface area contributed by atoms with Crippen LogP contribution in [0.2, 0.25) is 0 Å².